The van der Waals surface area contributed by atoms with E-state index in [1.807, 2.05) is 12.1 Å². The smallest absolute Gasteiger partial charge is 0.303 e. The molecule has 0 aliphatic rings. The maximum atomic E-state index is 10.6. The Hall–Kier alpha value is -2.29. The van der Waals surface area contributed by atoms with Crippen molar-refractivity contribution < 1.29 is 14.6 Å². The summed E-state index contributed by atoms with van der Waals surface area (Å²) in [4.78, 5) is 10.6. The second kappa shape index (κ2) is 14.7. The van der Waals surface area contributed by atoms with Crippen LogP contribution in [0.5, 0.6) is 5.75 Å². The molecule has 0 radical (unpaired) electrons. The van der Waals surface area contributed by atoms with Crippen LogP contribution in [0.3, 0.4) is 0 Å². The summed E-state index contributed by atoms with van der Waals surface area (Å²) in [5.74, 6) is 0.937. The third-order valence-electron chi connectivity index (χ3n) is 6.37. The molecular formula is C29H42O3. The summed E-state index contributed by atoms with van der Waals surface area (Å²) >= 11 is 0. The Morgan fingerprint density at radius 1 is 0.875 bits per heavy atom. The number of aliphatic carboxylic acids is 1. The van der Waals surface area contributed by atoms with Crippen molar-refractivity contribution in [2.45, 2.75) is 91.4 Å². The number of rotatable bonds is 16. The van der Waals surface area contributed by atoms with Crippen molar-refractivity contribution in [2.24, 2.45) is 5.92 Å². The Morgan fingerprint density at radius 3 is 2.28 bits per heavy atom. The summed E-state index contributed by atoms with van der Waals surface area (Å²) in [6.07, 6.45) is 11.5. The first-order valence-electron chi connectivity index (χ1n) is 12.5. The molecular weight excluding hydrogens is 396 g/mol. The first-order valence-corrected chi connectivity index (χ1v) is 12.5. The van der Waals surface area contributed by atoms with E-state index in [2.05, 4.69) is 51.1 Å². The summed E-state index contributed by atoms with van der Waals surface area (Å²) < 4.78 is 6.00. The van der Waals surface area contributed by atoms with E-state index in [4.69, 9.17) is 9.84 Å². The van der Waals surface area contributed by atoms with E-state index >= 15 is 0 Å². The number of carbonyl (C=O) groups is 1. The number of hydrogen-bond donors (Lipinski definition) is 1. The minimum atomic E-state index is -0.713. The van der Waals surface area contributed by atoms with E-state index in [0.717, 1.165) is 44.0 Å². The SMILES string of the molecule is CCCCCC(CCCOc1ccc(CCCCC(=O)O)cc1)Cc1ccc(C)c(C)c1. The van der Waals surface area contributed by atoms with Crippen LogP contribution in [0.4, 0.5) is 0 Å². The third kappa shape index (κ3) is 10.3. The molecule has 0 aliphatic carbocycles. The van der Waals surface area contributed by atoms with Crippen LogP contribution >= 0.6 is 0 Å². The van der Waals surface area contributed by atoms with Gasteiger partial charge in [0.05, 0.1) is 6.61 Å². The predicted octanol–water partition coefficient (Wildman–Crippen LogP) is 7.70. The minimum absolute atomic E-state index is 0.254. The molecule has 1 atom stereocenters. The number of ether oxygens (including phenoxy) is 1. The Labute approximate surface area is 195 Å². The number of carboxylic acids is 1. The van der Waals surface area contributed by atoms with Crippen molar-refractivity contribution in [3.8, 4) is 5.75 Å². The monoisotopic (exact) mass is 438 g/mol. The molecule has 3 heteroatoms. The number of unbranched alkanes of at least 4 members (excludes halogenated alkanes) is 3. The van der Waals surface area contributed by atoms with E-state index in [1.54, 1.807) is 0 Å². The van der Waals surface area contributed by atoms with Crippen LogP contribution in [0.25, 0.3) is 0 Å². The maximum Gasteiger partial charge on any atom is 0.303 e. The van der Waals surface area contributed by atoms with E-state index in [1.165, 1.54) is 60.8 Å². The van der Waals surface area contributed by atoms with Gasteiger partial charge in [-0.15, -0.1) is 0 Å². The van der Waals surface area contributed by atoms with Gasteiger partial charge in [0, 0.05) is 6.42 Å². The molecule has 2 aromatic carbocycles. The van der Waals surface area contributed by atoms with Crippen molar-refractivity contribution >= 4 is 5.97 Å². The Kier molecular flexibility index (Phi) is 11.9. The average Bonchev–Trinajstić information content (AvgIpc) is 2.77. The van der Waals surface area contributed by atoms with E-state index in [-0.39, 0.29) is 6.42 Å². The molecule has 3 nitrogen and oxygen atoms in total. The number of hydrogen-bond acceptors (Lipinski definition) is 2. The second-order valence-electron chi connectivity index (χ2n) is 9.22. The van der Waals surface area contributed by atoms with Crippen LogP contribution < -0.4 is 4.74 Å². The average molecular weight is 439 g/mol. The lowest BCUT2D eigenvalue weighted by atomic mass is 9.89. The Balaban J connectivity index is 1.75. The molecule has 0 aromatic heterocycles. The topological polar surface area (TPSA) is 46.5 Å². The highest BCUT2D eigenvalue weighted by Crippen LogP contribution is 2.23. The molecule has 2 rings (SSSR count). The predicted molar refractivity (Wildman–Crippen MR) is 134 cm³/mol. The van der Waals surface area contributed by atoms with Gasteiger partial charge in [-0.2, -0.15) is 0 Å². The number of aryl methyl sites for hydroxylation is 3. The zero-order valence-electron chi connectivity index (χ0n) is 20.4. The molecule has 0 heterocycles. The van der Waals surface area contributed by atoms with Crippen LogP contribution in [-0.2, 0) is 17.6 Å². The van der Waals surface area contributed by atoms with Crippen LogP contribution in [-0.4, -0.2) is 17.7 Å². The normalized spacial score (nSPS) is 12.0. The fourth-order valence-corrected chi connectivity index (χ4v) is 4.22. The van der Waals surface area contributed by atoms with Gasteiger partial charge >= 0.3 is 5.97 Å². The highest BCUT2D eigenvalue weighted by molar-refractivity contribution is 5.66. The van der Waals surface area contributed by atoms with Crippen molar-refractivity contribution in [1.29, 1.82) is 0 Å². The number of carboxylic acid groups (broad SMARTS) is 1. The van der Waals surface area contributed by atoms with Gasteiger partial charge in [-0.1, -0.05) is 62.9 Å². The van der Waals surface area contributed by atoms with Crippen molar-refractivity contribution in [1.82, 2.24) is 0 Å². The number of benzene rings is 2. The van der Waals surface area contributed by atoms with E-state index in [9.17, 15) is 4.79 Å². The third-order valence-corrected chi connectivity index (χ3v) is 6.37. The van der Waals surface area contributed by atoms with Gasteiger partial charge in [0.2, 0.25) is 0 Å². The van der Waals surface area contributed by atoms with Gasteiger partial charge in [0.1, 0.15) is 5.75 Å². The summed E-state index contributed by atoms with van der Waals surface area (Å²) in [6, 6.07) is 15.2. The first kappa shape index (κ1) is 26.0. The molecule has 2 aromatic rings. The van der Waals surface area contributed by atoms with Crippen molar-refractivity contribution in [3.05, 3.63) is 64.7 Å². The summed E-state index contributed by atoms with van der Waals surface area (Å²) in [7, 11) is 0. The summed E-state index contributed by atoms with van der Waals surface area (Å²) in [5, 5.41) is 8.72. The van der Waals surface area contributed by atoms with Gasteiger partial charge in [0.25, 0.3) is 0 Å². The van der Waals surface area contributed by atoms with Gasteiger partial charge in [-0.25, -0.2) is 0 Å². The zero-order valence-corrected chi connectivity index (χ0v) is 20.4. The molecule has 176 valence electrons. The standard InChI is InChI=1S/C29H42O3/c1-4-5-6-11-26(22-27-15-14-23(2)24(3)21-27)12-9-20-32-28-18-16-25(17-19-28)10-7-8-13-29(30)31/h14-19,21,26H,4-13,20,22H2,1-3H3,(H,30,31). The van der Waals surface area contributed by atoms with Crippen LogP contribution in [0.15, 0.2) is 42.5 Å². The Morgan fingerprint density at radius 2 is 1.59 bits per heavy atom. The zero-order chi connectivity index (χ0) is 23.2. The molecule has 0 aliphatic heterocycles. The molecule has 0 saturated carbocycles. The fraction of sp³-hybridized carbons (Fsp3) is 0.552. The lowest BCUT2D eigenvalue weighted by Crippen LogP contribution is -2.08. The Bertz CT molecular complexity index is 795. The van der Waals surface area contributed by atoms with E-state index in [0.29, 0.717) is 0 Å². The van der Waals surface area contributed by atoms with E-state index < -0.39 is 5.97 Å². The maximum absolute atomic E-state index is 10.6. The van der Waals surface area contributed by atoms with Crippen LogP contribution in [0.1, 0.15) is 87.0 Å². The molecule has 0 amide bonds. The summed E-state index contributed by atoms with van der Waals surface area (Å²) in [5.41, 5.74) is 5.47. The lowest BCUT2D eigenvalue weighted by molar-refractivity contribution is -0.137. The molecule has 1 unspecified atom stereocenters. The highest BCUT2D eigenvalue weighted by atomic mass is 16.5. The fourth-order valence-electron chi connectivity index (χ4n) is 4.22. The molecule has 0 spiro atoms. The van der Waals surface area contributed by atoms with Crippen LogP contribution in [0.2, 0.25) is 0 Å². The largest absolute Gasteiger partial charge is 0.494 e. The van der Waals surface area contributed by atoms with Gasteiger partial charge in [-0.3, -0.25) is 4.79 Å². The molecule has 0 fully saturated rings. The molecule has 0 bridgehead atoms. The second-order valence-corrected chi connectivity index (χ2v) is 9.22. The minimum Gasteiger partial charge on any atom is -0.494 e. The highest BCUT2D eigenvalue weighted by Gasteiger charge is 2.11. The lowest BCUT2D eigenvalue weighted by Gasteiger charge is -2.18. The van der Waals surface area contributed by atoms with Crippen molar-refractivity contribution in [2.75, 3.05) is 6.61 Å². The molecule has 0 saturated heterocycles. The van der Waals surface area contributed by atoms with Crippen molar-refractivity contribution in [3.63, 3.8) is 0 Å². The van der Waals surface area contributed by atoms with Gasteiger partial charge in [-0.05, 0) is 92.7 Å². The first-order chi connectivity index (χ1) is 15.5. The molecule has 1 N–H and O–H groups in total. The summed E-state index contributed by atoms with van der Waals surface area (Å²) in [6.45, 7) is 7.42. The van der Waals surface area contributed by atoms with Gasteiger partial charge < -0.3 is 9.84 Å². The van der Waals surface area contributed by atoms with Gasteiger partial charge in [0.15, 0.2) is 0 Å². The van der Waals surface area contributed by atoms with Crippen LogP contribution in [0, 0.1) is 19.8 Å². The quantitative estimate of drug-likeness (QED) is 0.273. The molecule has 32 heavy (non-hydrogen) atoms.